The van der Waals surface area contributed by atoms with Crippen molar-refractivity contribution in [1.29, 1.82) is 0 Å². The highest BCUT2D eigenvalue weighted by Crippen LogP contribution is 2.24. The summed E-state index contributed by atoms with van der Waals surface area (Å²) in [4.78, 5) is 12.8. The second-order valence-electron chi connectivity index (χ2n) is 8.84. The average molecular weight is 584 g/mol. The van der Waals surface area contributed by atoms with Gasteiger partial charge in [0.25, 0.3) is 15.9 Å². The summed E-state index contributed by atoms with van der Waals surface area (Å²) >= 11 is 5.92. The van der Waals surface area contributed by atoms with E-state index in [1.807, 2.05) is 31.2 Å². The van der Waals surface area contributed by atoms with Crippen LogP contribution in [0.3, 0.4) is 0 Å². The van der Waals surface area contributed by atoms with Crippen molar-refractivity contribution in [3.63, 3.8) is 0 Å². The van der Waals surface area contributed by atoms with E-state index in [0.717, 1.165) is 17.4 Å². The highest BCUT2D eigenvalue weighted by Gasteiger charge is 2.20. The number of hydrogen-bond acceptors (Lipinski definition) is 5. The first-order chi connectivity index (χ1) is 18.4. The van der Waals surface area contributed by atoms with Crippen molar-refractivity contribution in [2.24, 2.45) is 0 Å². The molecule has 11 heteroatoms. The third kappa shape index (κ3) is 7.17. The van der Waals surface area contributed by atoms with Crippen LogP contribution in [0.25, 0.3) is 0 Å². The Balaban J connectivity index is 1.45. The van der Waals surface area contributed by atoms with Gasteiger partial charge < -0.3 is 5.32 Å². The molecule has 0 aliphatic rings. The Morgan fingerprint density at radius 1 is 0.821 bits per heavy atom. The Labute approximate surface area is 233 Å². The zero-order valence-electron chi connectivity index (χ0n) is 21.1. The summed E-state index contributed by atoms with van der Waals surface area (Å²) in [7, 11) is -7.43. The normalized spacial score (nSPS) is 11.6. The monoisotopic (exact) mass is 583 g/mol. The molecule has 8 nitrogen and oxygen atoms in total. The minimum Gasteiger partial charge on any atom is -0.322 e. The van der Waals surface area contributed by atoms with Gasteiger partial charge in [-0.15, -0.1) is 0 Å². The van der Waals surface area contributed by atoms with E-state index < -0.39 is 26.0 Å². The molecule has 0 aliphatic carbocycles. The van der Waals surface area contributed by atoms with E-state index in [1.54, 1.807) is 30.3 Å². The second-order valence-corrected chi connectivity index (χ2v) is 12.9. The van der Waals surface area contributed by atoms with E-state index in [1.165, 1.54) is 46.8 Å². The zero-order chi connectivity index (χ0) is 28.2. The molecular formula is C28H26ClN3O5S2. The van der Waals surface area contributed by atoms with Crippen molar-refractivity contribution >= 4 is 54.6 Å². The molecule has 1 amide bonds. The molecule has 0 aliphatic heterocycles. The lowest BCUT2D eigenvalue weighted by Gasteiger charge is -2.23. The third-order valence-corrected chi connectivity index (χ3v) is 8.67. The Hall–Kier alpha value is -3.86. The van der Waals surface area contributed by atoms with Gasteiger partial charge in [0.1, 0.15) is 0 Å². The van der Waals surface area contributed by atoms with Crippen LogP contribution < -0.4 is 14.3 Å². The van der Waals surface area contributed by atoms with Gasteiger partial charge >= 0.3 is 0 Å². The molecule has 4 aromatic rings. The summed E-state index contributed by atoms with van der Waals surface area (Å²) in [5.74, 6) is -0.431. The van der Waals surface area contributed by atoms with Crippen molar-refractivity contribution in [2.75, 3.05) is 20.6 Å². The Morgan fingerprint density at radius 3 is 2.10 bits per heavy atom. The summed E-state index contributed by atoms with van der Waals surface area (Å²) in [5, 5.41) is 3.12. The molecule has 202 valence electrons. The van der Waals surface area contributed by atoms with Crippen LogP contribution in [0.1, 0.15) is 21.5 Å². The van der Waals surface area contributed by atoms with Gasteiger partial charge in [-0.3, -0.25) is 13.8 Å². The number of anilines is 3. The summed E-state index contributed by atoms with van der Waals surface area (Å²) in [6, 6.07) is 25.8. The molecule has 0 bridgehead atoms. The van der Waals surface area contributed by atoms with E-state index in [-0.39, 0.29) is 11.4 Å². The maximum atomic E-state index is 12.8. The van der Waals surface area contributed by atoms with E-state index >= 15 is 0 Å². The lowest BCUT2D eigenvalue weighted by molar-refractivity contribution is 0.102. The maximum absolute atomic E-state index is 12.8. The molecule has 0 heterocycles. The Morgan fingerprint density at radius 2 is 1.49 bits per heavy atom. The van der Waals surface area contributed by atoms with E-state index in [9.17, 15) is 21.6 Å². The molecule has 2 N–H and O–H groups in total. The first-order valence-electron chi connectivity index (χ1n) is 11.7. The van der Waals surface area contributed by atoms with Gasteiger partial charge in [0, 0.05) is 16.3 Å². The largest absolute Gasteiger partial charge is 0.322 e. The molecule has 0 aromatic heterocycles. The number of carbonyl (C=O) groups excluding carboxylic acids is 1. The average Bonchev–Trinajstić information content (AvgIpc) is 2.88. The standard InChI is InChI=1S/C28H26ClN3O5S2/c1-20-6-3-4-7-22(20)19-32(38(2,34)35)26-14-10-21(11-15-26)28(33)30-24-12-16-27(17-13-24)39(36,37)31-25-9-5-8-23(29)18-25/h3-18,31H,19H2,1-2H3,(H,30,33). The van der Waals surface area contributed by atoms with Gasteiger partial charge in [-0.25, -0.2) is 16.8 Å². The molecule has 0 atom stereocenters. The Kier molecular flexibility index (Phi) is 8.29. The molecule has 0 radical (unpaired) electrons. The number of nitrogens with zero attached hydrogens (tertiary/aromatic N) is 1. The van der Waals surface area contributed by atoms with Crippen molar-refractivity contribution in [1.82, 2.24) is 0 Å². The van der Waals surface area contributed by atoms with Crippen molar-refractivity contribution in [3.05, 3.63) is 119 Å². The van der Waals surface area contributed by atoms with Crippen LogP contribution in [-0.4, -0.2) is 29.0 Å². The molecule has 39 heavy (non-hydrogen) atoms. The molecule has 0 saturated heterocycles. The fourth-order valence-corrected chi connectivity index (χ4v) is 5.93. The topological polar surface area (TPSA) is 113 Å². The molecule has 4 rings (SSSR count). The smallest absolute Gasteiger partial charge is 0.261 e. The second kappa shape index (κ2) is 11.5. The molecule has 0 unspecified atom stereocenters. The number of halogens is 1. The molecule has 0 saturated carbocycles. The number of rotatable bonds is 9. The van der Waals surface area contributed by atoms with Gasteiger partial charge in [-0.1, -0.05) is 41.9 Å². The summed E-state index contributed by atoms with van der Waals surface area (Å²) < 4.78 is 54.1. The summed E-state index contributed by atoms with van der Waals surface area (Å²) in [5.41, 5.74) is 3.31. The van der Waals surface area contributed by atoms with Crippen LogP contribution in [-0.2, 0) is 26.6 Å². The van der Waals surface area contributed by atoms with Crippen LogP contribution >= 0.6 is 11.6 Å². The quantitative estimate of drug-likeness (QED) is 0.264. The van der Waals surface area contributed by atoms with Gasteiger partial charge in [0.15, 0.2) is 0 Å². The Bertz CT molecular complexity index is 1710. The molecule has 0 spiro atoms. The summed E-state index contributed by atoms with van der Waals surface area (Å²) in [6.07, 6.45) is 1.14. The molecular weight excluding hydrogens is 558 g/mol. The predicted molar refractivity (Wildman–Crippen MR) is 155 cm³/mol. The molecule has 0 fully saturated rings. The van der Waals surface area contributed by atoms with Gasteiger partial charge in [-0.05, 0) is 84.8 Å². The highest BCUT2D eigenvalue weighted by molar-refractivity contribution is 7.92. The van der Waals surface area contributed by atoms with Crippen LogP contribution in [0, 0.1) is 6.92 Å². The van der Waals surface area contributed by atoms with Gasteiger partial charge in [0.05, 0.1) is 29.1 Å². The predicted octanol–water partition coefficient (Wildman–Crippen LogP) is 5.67. The number of aryl methyl sites for hydroxylation is 1. The van der Waals surface area contributed by atoms with Gasteiger partial charge in [-0.2, -0.15) is 0 Å². The summed E-state index contributed by atoms with van der Waals surface area (Å²) in [6.45, 7) is 2.08. The lowest BCUT2D eigenvalue weighted by atomic mass is 10.1. The minimum atomic E-state index is -3.85. The minimum absolute atomic E-state index is 0.0133. The number of nitrogens with one attached hydrogen (secondary N) is 2. The highest BCUT2D eigenvalue weighted by atomic mass is 35.5. The number of sulfonamides is 2. The number of carbonyl (C=O) groups is 1. The van der Waals surface area contributed by atoms with Crippen molar-refractivity contribution < 1.29 is 21.6 Å². The first-order valence-corrected chi connectivity index (χ1v) is 15.5. The van der Waals surface area contributed by atoms with Gasteiger partial charge in [0.2, 0.25) is 10.0 Å². The SMILES string of the molecule is Cc1ccccc1CN(c1ccc(C(=O)Nc2ccc(S(=O)(=O)Nc3cccc(Cl)c3)cc2)cc1)S(C)(=O)=O. The number of benzene rings is 4. The van der Waals surface area contributed by atoms with E-state index in [4.69, 9.17) is 11.6 Å². The van der Waals surface area contributed by atoms with Crippen LogP contribution in [0.4, 0.5) is 17.1 Å². The van der Waals surface area contributed by atoms with Crippen LogP contribution in [0.2, 0.25) is 5.02 Å². The lowest BCUT2D eigenvalue weighted by Crippen LogP contribution is -2.29. The first kappa shape index (κ1) is 28.2. The fourth-order valence-electron chi connectivity index (χ4n) is 3.81. The van der Waals surface area contributed by atoms with Crippen molar-refractivity contribution in [2.45, 2.75) is 18.4 Å². The van der Waals surface area contributed by atoms with E-state index in [2.05, 4.69) is 10.0 Å². The van der Waals surface area contributed by atoms with Crippen LogP contribution in [0.5, 0.6) is 0 Å². The van der Waals surface area contributed by atoms with Crippen molar-refractivity contribution in [3.8, 4) is 0 Å². The number of amides is 1. The van der Waals surface area contributed by atoms with E-state index in [0.29, 0.717) is 27.6 Å². The van der Waals surface area contributed by atoms with Crippen LogP contribution in [0.15, 0.2) is 102 Å². The number of hydrogen-bond donors (Lipinski definition) is 2. The fraction of sp³-hybridized carbons (Fsp3) is 0.107. The zero-order valence-corrected chi connectivity index (χ0v) is 23.5. The third-order valence-electron chi connectivity index (χ3n) is 5.89. The molecule has 4 aromatic carbocycles. The maximum Gasteiger partial charge on any atom is 0.261 e.